The molecule has 2 N–H and O–H groups in total. The van der Waals surface area contributed by atoms with Gasteiger partial charge in [-0.05, 0) is 52.8 Å². The molecule has 1 aromatic heterocycles. The van der Waals surface area contributed by atoms with Gasteiger partial charge in [-0.25, -0.2) is 14.2 Å². The van der Waals surface area contributed by atoms with Gasteiger partial charge in [-0.2, -0.15) is 0 Å². The number of thiazole rings is 1. The molecule has 142 valence electrons. The number of nitrogens with zero attached hydrogens (tertiary/aromatic N) is 2. The first kappa shape index (κ1) is 20.1. The second-order valence-electron chi connectivity index (χ2n) is 7.19. The molecule has 0 saturated heterocycles. The molecule has 0 saturated carbocycles. The fourth-order valence-electron chi connectivity index (χ4n) is 3.11. The van der Waals surface area contributed by atoms with Crippen LogP contribution in [0, 0.1) is 5.82 Å². The Morgan fingerprint density at radius 3 is 2.58 bits per heavy atom. The van der Waals surface area contributed by atoms with E-state index in [2.05, 4.69) is 10.3 Å². The molecule has 0 unspecified atom stereocenters. The van der Waals surface area contributed by atoms with Crippen molar-refractivity contribution in [3.05, 3.63) is 29.0 Å². The van der Waals surface area contributed by atoms with Crippen LogP contribution >= 0.6 is 11.3 Å². The average molecular weight is 381 g/mol. The van der Waals surface area contributed by atoms with Gasteiger partial charge >= 0.3 is 6.09 Å². The molecule has 26 heavy (non-hydrogen) atoms. The van der Waals surface area contributed by atoms with E-state index in [1.54, 1.807) is 40.7 Å². The number of hydrogen-bond acceptors (Lipinski definition) is 4. The summed E-state index contributed by atoms with van der Waals surface area (Å²) in [6, 6.07) is 3.78. The second kappa shape index (κ2) is 7.57. The third-order valence-electron chi connectivity index (χ3n) is 4.08. The molecule has 1 aromatic carbocycles. The van der Waals surface area contributed by atoms with Crippen molar-refractivity contribution in [3.8, 4) is 0 Å². The number of carboxylic acid groups (broad SMARTS) is 1. The van der Waals surface area contributed by atoms with Gasteiger partial charge in [0, 0.05) is 18.0 Å². The lowest BCUT2D eigenvalue weighted by Gasteiger charge is -2.39. The number of rotatable bonds is 6. The maximum absolute atomic E-state index is 13.3. The molecule has 2 rings (SSSR count). The summed E-state index contributed by atoms with van der Waals surface area (Å²) in [7, 11) is 0. The highest BCUT2D eigenvalue weighted by Crippen LogP contribution is 2.28. The number of halogens is 1. The third-order valence-corrected chi connectivity index (χ3v) is 5.28. The van der Waals surface area contributed by atoms with Crippen LogP contribution in [-0.2, 0) is 4.79 Å². The van der Waals surface area contributed by atoms with Gasteiger partial charge in [0.2, 0.25) is 5.91 Å². The van der Waals surface area contributed by atoms with Crippen LogP contribution in [0.25, 0.3) is 10.2 Å². The first-order valence-electron chi connectivity index (χ1n) is 8.39. The predicted octanol–water partition coefficient (Wildman–Crippen LogP) is 4.17. The number of carbonyl (C=O) groups is 2. The van der Waals surface area contributed by atoms with E-state index in [9.17, 15) is 19.1 Å². The van der Waals surface area contributed by atoms with Gasteiger partial charge in [-0.1, -0.05) is 0 Å². The lowest BCUT2D eigenvalue weighted by atomic mass is 9.96. The number of hydrogen-bond donors (Lipinski definition) is 2. The van der Waals surface area contributed by atoms with E-state index in [0.717, 1.165) is 4.70 Å². The molecule has 0 spiro atoms. The second-order valence-corrected chi connectivity index (χ2v) is 8.25. The molecule has 6 nitrogen and oxygen atoms in total. The molecular weight excluding hydrogens is 357 g/mol. The first-order chi connectivity index (χ1) is 12.0. The SMILES string of the molecule is CC(C)N(C(=O)O)C(C)(C)CC(=O)N[C@H](C)c1nc2ccc(F)cc2s1. The highest BCUT2D eigenvalue weighted by atomic mass is 32.1. The molecule has 0 aliphatic rings. The van der Waals surface area contributed by atoms with Crippen molar-refractivity contribution in [2.75, 3.05) is 0 Å². The molecule has 0 bridgehead atoms. The van der Waals surface area contributed by atoms with Gasteiger partial charge in [-0.3, -0.25) is 4.79 Å². The van der Waals surface area contributed by atoms with Gasteiger partial charge in [0.1, 0.15) is 10.8 Å². The summed E-state index contributed by atoms with van der Waals surface area (Å²) in [6.07, 6.45) is -1.03. The Balaban J connectivity index is 2.09. The van der Waals surface area contributed by atoms with Crippen LogP contribution in [0.5, 0.6) is 0 Å². The molecule has 0 aliphatic carbocycles. The van der Waals surface area contributed by atoms with E-state index in [-0.39, 0.29) is 30.2 Å². The van der Waals surface area contributed by atoms with Gasteiger partial charge < -0.3 is 15.3 Å². The van der Waals surface area contributed by atoms with E-state index in [1.807, 2.05) is 0 Å². The van der Waals surface area contributed by atoms with E-state index in [4.69, 9.17) is 0 Å². The van der Waals surface area contributed by atoms with Crippen molar-refractivity contribution < 1.29 is 19.1 Å². The predicted molar refractivity (Wildman–Crippen MR) is 99.8 cm³/mol. The Hall–Kier alpha value is -2.22. The number of aromatic nitrogens is 1. The topological polar surface area (TPSA) is 82.5 Å². The van der Waals surface area contributed by atoms with Crippen LogP contribution in [-0.4, -0.2) is 38.6 Å². The summed E-state index contributed by atoms with van der Waals surface area (Å²) < 4.78 is 14.0. The van der Waals surface area contributed by atoms with Gasteiger partial charge in [0.15, 0.2) is 0 Å². The van der Waals surface area contributed by atoms with Crippen LogP contribution in [0.15, 0.2) is 18.2 Å². The maximum Gasteiger partial charge on any atom is 0.407 e. The third kappa shape index (κ3) is 4.49. The van der Waals surface area contributed by atoms with Gasteiger partial charge in [-0.15, -0.1) is 11.3 Å². The van der Waals surface area contributed by atoms with Crippen LogP contribution in [0.4, 0.5) is 9.18 Å². The Labute approximate surface area is 156 Å². The molecule has 1 heterocycles. The zero-order chi connectivity index (χ0) is 19.6. The van der Waals surface area contributed by atoms with Crippen molar-refractivity contribution in [3.63, 3.8) is 0 Å². The van der Waals surface area contributed by atoms with E-state index in [0.29, 0.717) is 10.5 Å². The van der Waals surface area contributed by atoms with Crippen LogP contribution in [0.3, 0.4) is 0 Å². The lowest BCUT2D eigenvalue weighted by Crippen LogP contribution is -2.53. The van der Waals surface area contributed by atoms with Crippen molar-refractivity contribution in [2.24, 2.45) is 0 Å². The van der Waals surface area contributed by atoms with Gasteiger partial charge in [0.25, 0.3) is 0 Å². The molecule has 1 atom stereocenters. The molecule has 2 aromatic rings. The molecular formula is C18H24FN3O3S. The number of amides is 2. The smallest absolute Gasteiger partial charge is 0.407 e. The minimum absolute atomic E-state index is 0.0291. The number of benzene rings is 1. The van der Waals surface area contributed by atoms with Crippen LogP contribution < -0.4 is 5.32 Å². The van der Waals surface area contributed by atoms with Crippen molar-refractivity contribution >= 4 is 33.6 Å². The molecule has 0 aliphatic heterocycles. The fraction of sp³-hybridized carbons (Fsp3) is 0.500. The molecule has 0 fully saturated rings. The summed E-state index contributed by atoms with van der Waals surface area (Å²) in [5.41, 5.74) is -0.162. The monoisotopic (exact) mass is 381 g/mol. The van der Waals surface area contributed by atoms with Crippen molar-refractivity contribution in [1.82, 2.24) is 15.2 Å². The summed E-state index contributed by atoms with van der Waals surface area (Å²) in [6.45, 7) is 8.81. The highest BCUT2D eigenvalue weighted by Gasteiger charge is 2.35. The fourth-order valence-corrected chi connectivity index (χ4v) is 4.11. The number of fused-ring (bicyclic) bond motifs is 1. The summed E-state index contributed by atoms with van der Waals surface area (Å²) in [5.74, 6) is -0.589. The number of carbonyl (C=O) groups excluding carboxylic acids is 1. The molecule has 8 heteroatoms. The zero-order valence-electron chi connectivity index (χ0n) is 15.5. The van der Waals surface area contributed by atoms with E-state index in [1.165, 1.54) is 28.4 Å². The summed E-state index contributed by atoms with van der Waals surface area (Å²) >= 11 is 1.33. The highest BCUT2D eigenvalue weighted by molar-refractivity contribution is 7.18. The molecule has 0 radical (unpaired) electrons. The van der Waals surface area contributed by atoms with Gasteiger partial charge in [0.05, 0.1) is 16.3 Å². The van der Waals surface area contributed by atoms with E-state index < -0.39 is 11.6 Å². The lowest BCUT2D eigenvalue weighted by molar-refractivity contribution is -0.124. The van der Waals surface area contributed by atoms with Crippen LogP contribution in [0.2, 0.25) is 0 Å². The Kier molecular flexibility index (Phi) is 5.85. The Morgan fingerprint density at radius 1 is 1.35 bits per heavy atom. The number of nitrogens with one attached hydrogen (secondary N) is 1. The maximum atomic E-state index is 13.3. The summed E-state index contributed by atoms with van der Waals surface area (Å²) in [4.78, 5) is 29.6. The summed E-state index contributed by atoms with van der Waals surface area (Å²) in [5, 5.41) is 12.9. The minimum atomic E-state index is -1.06. The van der Waals surface area contributed by atoms with Crippen molar-refractivity contribution in [2.45, 2.75) is 58.7 Å². The Morgan fingerprint density at radius 2 is 2.00 bits per heavy atom. The zero-order valence-corrected chi connectivity index (χ0v) is 16.4. The average Bonchev–Trinajstić information content (AvgIpc) is 2.87. The first-order valence-corrected chi connectivity index (χ1v) is 9.20. The largest absolute Gasteiger partial charge is 0.465 e. The normalized spacial score (nSPS) is 13.0. The Bertz CT molecular complexity index is 819. The quantitative estimate of drug-likeness (QED) is 0.787. The minimum Gasteiger partial charge on any atom is -0.465 e. The van der Waals surface area contributed by atoms with E-state index >= 15 is 0 Å². The standard InChI is InChI=1S/C18H24FN3O3S/c1-10(2)22(17(24)25)18(4,5)9-15(23)20-11(3)16-21-13-7-6-12(19)8-14(13)26-16/h6-8,10-11H,9H2,1-5H3,(H,20,23)(H,24,25)/t11-/m1/s1. The van der Waals surface area contributed by atoms with Crippen molar-refractivity contribution in [1.29, 1.82) is 0 Å². The van der Waals surface area contributed by atoms with Crippen LogP contribution in [0.1, 0.15) is 52.1 Å². The molecule has 2 amide bonds.